The highest BCUT2D eigenvalue weighted by atomic mass is 16.3. The fraction of sp³-hybridized carbons (Fsp3) is 0.174. The lowest BCUT2D eigenvalue weighted by Gasteiger charge is -2.34. The Bertz CT molecular complexity index is 785. The van der Waals surface area contributed by atoms with Crippen LogP contribution in [0.15, 0.2) is 84.9 Å². The maximum absolute atomic E-state index is 11.2. The molecular weight excluding hydrogens is 292 g/mol. The van der Waals surface area contributed by atoms with E-state index in [4.69, 9.17) is 0 Å². The fourth-order valence-corrected chi connectivity index (χ4v) is 4.08. The van der Waals surface area contributed by atoms with Gasteiger partial charge in [-0.15, -0.1) is 0 Å². The predicted molar refractivity (Wildman–Crippen MR) is 97.6 cm³/mol. The van der Waals surface area contributed by atoms with Gasteiger partial charge in [0, 0.05) is 24.5 Å². The van der Waals surface area contributed by atoms with Gasteiger partial charge in [-0.25, -0.2) is 0 Å². The minimum absolute atomic E-state index is 0.0994. The molecule has 0 heterocycles. The molecule has 3 aromatic carbocycles. The number of hydrogen-bond acceptors (Lipinski definition) is 1. The van der Waals surface area contributed by atoms with Gasteiger partial charge in [-0.1, -0.05) is 60.7 Å². The molecule has 0 spiro atoms. The number of aliphatic hydroxyl groups excluding tert-OH is 1. The molecule has 1 heteroatoms. The Morgan fingerprint density at radius 1 is 0.792 bits per heavy atom. The molecule has 1 N–H and O–H groups in total. The van der Waals surface area contributed by atoms with Crippen LogP contribution in [0.2, 0.25) is 0 Å². The average Bonchev–Trinajstić information content (AvgIpc) is 2.89. The zero-order chi connectivity index (χ0) is 16.6. The van der Waals surface area contributed by atoms with Crippen molar-refractivity contribution in [3.63, 3.8) is 0 Å². The van der Waals surface area contributed by atoms with Crippen molar-refractivity contribution in [2.75, 3.05) is 0 Å². The average molecular weight is 313 g/mol. The monoisotopic (exact) mass is 313 g/mol. The minimum Gasteiger partial charge on any atom is -0.374 e. The summed E-state index contributed by atoms with van der Waals surface area (Å²) in [5, 5.41) is 11.2. The topological polar surface area (TPSA) is 20.2 Å². The van der Waals surface area contributed by atoms with E-state index in [9.17, 15) is 5.11 Å². The van der Waals surface area contributed by atoms with Crippen LogP contribution in [0.25, 0.3) is 0 Å². The van der Waals surface area contributed by atoms with Crippen LogP contribution in [-0.2, 0) is 0 Å². The van der Waals surface area contributed by atoms with E-state index in [1.807, 2.05) is 30.3 Å². The van der Waals surface area contributed by atoms with Crippen LogP contribution in [0.4, 0.5) is 0 Å². The second-order valence-electron chi connectivity index (χ2n) is 6.80. The molecule has 2 atom stereocenters. The standard InChI is InChI=1S/C23H21O/c1-23(16-19-14-8-9-15-20(19)22(23)24)21(17-10-4-2-5-11-17)18-12-6-3-7-13-18/h2-16,21-22,24H,1H3/q+1/t22?,23-/m1/s1. The molecule has 1 unspecified atom stereocenters. The molecule has 0 aliphatic heterocycles. The molecule has 0 saturated carbocycles. The van der Waals surface area contributed by atoms with Crippen molar-refractivity contribution >= 4 is 0 Å². The van der Waals surface area contributed by atoms with Gasteiger partial charge < -0.3 is 5.11 Å². The maximum Gasteiger partial charge on any atom is 0.146 e. The second kappa shape index (κ2) is 5.85. The third kappa shape index (κ3) is 2.33. The van der Waals surface area contributed by atoms with Crippen molar-refractivity contribution in [1.82, 2.24) is 0 Å². The third-order valence-electron chi connectivity index (χ3n) is 5.23. The molecule has 24 heavy (non-hydrogen) atoms. The Labute approximate surface area is 143 Å². The normalized spacial score (nSPS) is 22.2. The summed E-state index contributed by atoms with van der Waals surface area (Å²) < 4.78 is 0. The SMILES string of the molecule is C[C@]1(C(c2ccccc2)c2ccccc2)[CH+]c2ccccc2C1O. The molecule has 4 rings (SSSR count). The van der Waals surface area contributed by atoms with Gasteiger partial charge in [0.25, 0.3) is 0 Å². The molecular formula is C23H21O+. The fourth-order valence-electron chi connectivity index (χ4n) is 4.08. The molecule has 1 nitrogen and oxygen atoms in total. The highest BCUT2D eigenvalue weighted by Crippen LogP contribution is 2.56. The molecule has 118 valence electrons. The van der Waals surface area contributed by atoms with Crippen molar-refractivity contribution < 1.29 is 5.11 Å². The van der Waals surface area contributed by atoms with Gasteiger partial charge >= 0.3 is 0 Å². The molecule has 0 saturated heterocycles. The Hall–Kier alpha value is -2.51. The van der Waals surface area contributed by atoms with Crippen LogP contribution in [0.3, 0.4) is 0 Å². The highest BCUT2D eigenvalue weighted by molar-refractivity contribution is 5.49. The van der Waals surface area contributed by atoms with Gasteiger partial charge in [-0.05, 0) is 30.2 Å². The van der Waals surface area contributed by atoms with E-state index in [-0.39, 0.29) is 11.3 Å². The van der Waals surface area contributed by atoms with Crippen molar-refractivity contribution in [3.8, 4) is 0 Å². The van der Waals surface area contributed by atoms with E-state index >= 15 is 0 Å². The second-order valence-corrected chi connectivity index (χ2v) is 6.80. The van der Waals surface area contributed by atoms with Crippen LogP contribution in [0, 0.1) is 11.8 Å². The van der Waals surface area contributed by atoms with E-state index in [2.05, 4.69) is 67.9 Å². The quantitative estimate of drug-likeness (QED) is 0.665. The number of fused-ring (bicyclic) bond motifs is 1. The molecule has 1 aliphatic rings. The lowest BCUT2D eigenvalue weighted by Crippen LogP contribution is -2.30. The molecule has 0 bridgehead atoms. The first kappa shape index (κ1) is 15.0. The zero-order valence-corrected chi connectivity index (χ0v) is 13.8. The van der Waals surface area contributed by atoms with Crippen LogP contribution >= 0.6 is 0 Å². The van der Waals surface area contributed by atoms with Crippen LogP contribution in [0.5, 0.6) is 0 Å². The molecule has 0 amide bonds. The van der Waals surface area contributed by atoms with Gasteiger partial charge in [0.2, 0.25) is 0 Å². The lowest BCUT2D eigenvalue weighted by atomic mass is 9.67. The Morgan fingerprint density at radius 2 is 1.29 bits per heavy atom. The summed E-state index contributed by atoms with van der Waals surface area (Å²) in [5.74, 6) is 0.0994. The summed E-state index contributed by atoms with van der Waals surface area (Å²) in [7, 11) is 0. The van der Waals surface area contributed by atoms with Crippen LogP contribution in [0.1, 0.15) is 41.2 Å². The van der Waals surface area contributed by atoms with Crippen LogP contribution in [-0.4, -0.2) is 5.11 Å². The van der Waals surface area contributed by atoms with Crippen molar-refractivity contribution in [1.29, 1.82) is 0 Å². The van der Waals surface area contributed by atoms with Gasteiger partial charge in [-0.2, -0.15) is 0 Å². The molecule has 1 aliphatic carbocycles. The minimum atomic E-state index is -0.515. The largest absolute Gasteiger partial charge is 0.374 e. The summed E-state index contributed by atoms with van der Waals surface area (Å²) in [6, 6.07) is 29.2. The zero-order valence-electron chi connectivity index (χ0n) is 13.8. The number of hydrogen-bond donors (Lipinski definition) is 1. The van der Waals surface area contributed by atoms with E-state index in [0.29, 0.717) is 0 Å². The smallest absolute Gasteiger partial charge is 0.146 e. The number of benzene rings is 3. The van der Waals surface area contributed by atoms with Crippen molar-refractivity contribution in [2.45, 2.75) is 18.9 Å². The predicted octanol–water partition coefficient (Wildman–Crippen LogP) is 5.12. The number of rotatable bonds is 3. The summed E-state index contributed by atoms with van der Waals surface area (Å²) in [4.78, 5) is 0. The molecule has 3 aromatic rings. The molecule has 0 aromatic heterocycles. The highest BCUT2D eigenvalue weighted by Gasteiger charge is 2.53. The number of aliphatic hydroxyl groups is 1. The summed E-state index contributed by atoms with van der Waals surface area (Å²) in [6.45, 7) is 2.17. The summed E-state index contributed by atoms with van der Waals surface area (Å²) in [6.07, 6.45) is 1.73. The first-order valence-corrected chi connectivity index (χ1v) is 8.43. The Morgan fingerprint density at radius 3 is 1.83 bits per heavy atom. The van der Waals surface area contributed by atoms with Gasteiger partial charge in [0.15, 0.2) is 0 Å². The Kier molecular flexibility index (Phi) is 3.66. The van der Waals surface area contributed by atoms with E-state index < -0.39 is 6.10 Å². The van der Waals surface area contributed by atoms with Gasteiger partial charge in [-0.3, -0.25) is 0 Å². The van der Waals surface area contributed by atoms with E-state index in [1.165, 1.54) is 11.1 Å². The van der Waals surface area contributed by atoms with Gasteiger partial charge in [0.1, 0.15) is 11.7 Å². The first-order chi connectivity index (χ1) is 11.7. The van der Waals surface area contributed by atoms with Gasteiger partial charge in [0.05, 0.1) is 11.0 Å². The van der Waals surface area contributed by atoms with Crippen LogP contribution < -0.4 is 0 Å². The molecule has 0 fully saturated rings. The summed E-state index contributed by atoms with van der Waals surface area (Å²) in [5.41, 5.74) is 4.25. The Balaban J connectivity index is 1.86. The third-order valence-corrected chi connectivity index (χ3v) is 5.23. The van der Waals surface area contributed by atoms with E-state index in [0.717, 1.165) is 11.1 Å². The summed E-state index contributed by atoms with van der Waals surface area (Å²) >= 11 is 0. The van der Waals surface area contributed by atoms with E-state index in [1.54, 1.807) is 0 Å². The maximum atomic E-state index is 11.2. The first-order valence-electron chi connectivity index (χ1n) is 8.43. The lowest BCUT2D eigenvalue weighted by molar-refractivity contribution is 0.0617. The molecule has 0 radical (unpaired) electrons. The van der Waals surface area contributed by atoms with Crippen molar-refractivity contribution in [3.05, 3.63) is 114 Å². The van der Waals surface area contributed by atoms with Crippen molar-refractivity contribution in [2.24, 2.45) is 5.41 Å².